The summed E-state index contributed by atoms with van der Waals surface area (Å²) in [7, 11) is 1.75. The number of nitrogens with two attached hydrogens (primary N) is 1. The van der Waals surface area contributed by atoms with Gasteiger partial charge < -0.3 is 15.5 Å². The molecule has 6 heteroatoms. The first-order valence-corrected chi connectivity index (χ1v) is 7.17. The number of piperazine rings is 1. The molecule has 0 spiro atoms. The van der Waals surface area contributed by atoms with Crippen LogP contribution in [0.2, 0.25) is 0 Å². The van der Waals surface area contributed by atoms with E-state index in [1.54, 1.807) is 48.9 Å². The number of likely N-dealkylation sites (N-methyl/N-ethyl adjacent to an activating group) is 1. The first-order chi connectivity index (χ1) is 9.25. The number of carbonyl (C=O) groups excluding carboxylic acids is 2. The van der Waals surface area contributed by atoms with E-state index in [4.69, 9.17) is 5.73 Å². The fourth-order valence-corrected chi connectivity index (χ4v) is 2.79. The molecule has 0 atom stereocenters. The summed E-state index contributed by atoms with van der Waals surface area (Å²) in [4.78, 5) is 28.2. The van der Waals surface area contributed by atoms with Gasteiger partial charge in [-0.2, -0.15) is 0 Å². The summed E-state index contributed by atoms with van der Waals surface area (Å²) in [5, 5.41) is 0. The maximum atomic E-state index is 12.7. The van der Waals surface area contributed by atoms with Gasteiger partial charge in [-0.1, -0.05) is 15.9 Å². The van der Waals surface area contributed by atoms with E-state index in [0.29, 0.717) is 24.3 Å². The Bertz CT molecular complexity index is 572. The second kappa shape index (κ2) is 5.09. The molecule has 0 unspecified atom stereocenters. The number of nitrogen functional groups attached to an aromatic ring is 1. The highest BCUT2D eigenvalue weighted by Crippen LogP contribution is 2.27. The number of carbonyl (C=O) groups is 2. The molecule has 1 aliphatic heterocycles. The Kier molecular flexibility index (Phi) is 3.77. The maximum absolute atomic E-state index is 12.7. The van der Waals surface area contributed by atoms with Gasteiger partial charge in [-0.3, -0.25) is 9.59 Å². The van der Waals surface area contributed by atoms with Crippen molar-refractivity contribution in [2.75, 3.05) is 25.9 Å². The summed E-state index contributed by atoms with van der Waals surface area (Å²) in [6.45, 7) is 4.55. The second-order valence-corrected chi connectivity index (χ2v) is 6.39. The lowest BCUT2D eigenvalue weighted by Gasteiger charge is -2.44. The van der Waals surface area contributed by atoms with E-state index >= 15 is 0 Å². The first-order valence-electron chi connectivity index (χ1n) is 6.37. The fraction of sp³-hybridized carbons (Fsp3) is 0.429. The molecule has 0 radical (unpaired) electrons. The van der Waals surface area contributed by atoms with E-state index in [-0.39, 0.29) is 11.8 Å². The molecule has 0 aliphatic carbocycles. The van der Waals surface area contributed by atoms with Crippen molar-refractivity contribution < 1.29 is 9.59 Å². The third-order valence-corrected chi connectivity index (χ3v) is 4.19. The molecule has 1 aromatic rings. The summed E-state index contributed by atoms with van der Waals surface area (Å²) < 4.78 is 0.785. The van der Waals surface area contributed by atoms with Crippen LogP contribution in [0.1, 0.15) is 24.2 Å². The molecule has 1 heterocycles. The zero-order valence-electron chi connectivity index (χ0n) is 11.8. The number of amides is 2. The quantitative estimate of drug-likeness (QED) is 0.792. The number of hydrogen-bond donors (Lipinski definition) is 1. The highest BCUT2D eigenvalue weighted by Gasteiger charge is 2.43. The van der Waals surface area contributed by atoms with Crippen LogP contribution in [-0.4, -0.2) is 47.3 Å². The number of halogens is 1. The molecule has 0 bridgehead atoms. The standard InChI is InChI=1S/C14H18BrN3O2/c1-14(2)13(20)17(3)6-7-18(14)12(19)10-8-9(15)4-5-11(10)16/h4-5,8H,6-7,16H2,1-3H3. The van der Waals surface area contributed by atoms with E-state index in [1.165, 1.54) is 0 Å². The summed E-state index contributed by atoms with van der Waals surface area (Å²) in [5.74, 6) is -0.277. The summed E-state index contributed by atoms with van der Waals surface area (Å²) in [6.07, 6.45) is 0. The van der Waals surface area contributed by atoms with Crippen LogP contribution in [0.3, 0.4) is 0 Å². The average molecular weight is 340 g/mol. The van der Waals surface area contributed by atoms with Crippen LogP contribution in [0.5, 0.6) is 0 Å². The molecule has 5 nitrogen and oxygen atoms in total. The van der Waals surface area contributed by atoms with Crippen LogP contribution in [0, 0.1) is 0 Å². The number of nitrogens with zero attached hydrogens (tertiary/aromatic N) is 2. The van der Waals surface area contributed by atoms with Gasteiger partial charge in [0.1, 0.15) is 5.54 Å². The van der Waals surface area contributed by atoms with Gasteiger partial charge in [0.2, 0.25) is 5.91 Å². The van der Waals surface area contributed by atoms with Crippen molar-refractivity contribution >= 4 is 33.4 Å². The van der Waals surface area contributed by atoms with Crippen LogP contribution in [0.25, 0.3) is 0 Å². The molecule has 1 saturated heterocycles. The highest BCUT2D eigenvalue weighted by molar-refractivity contribution is 9.10. The van der Waals surface area contributed by atoms with Gasteiger partial charge in [0.15, 0.2) is 0 Å². The number of hydrogen-bond acceptors (Lipinski definition) is 3. The van der Waals surface area contributed by atoms with E-state index < -0.39 is 5.54 Å². The predicted octanol–water partition coefficient (Wildman–Crippen LogP) is 1.72. The second-order valence-electron chi connectivity index (χ2n) is 5.47. The van der Waals surface area contributed by atoms with Crippen molar-refractivity contribution in [1.82, 2.24) is 9.80 Å². The minimum absolute atomic E-state index is 0.0642. The third-order valence-electron chi connectivity index (χ3n) is 3.69. The van der Waals surface area contributed by atoms with Crippen LogP contribution < -0.4 is 5.73 Å². The zero-order valence-corrected chi connectivity index (χ0v) is 13.4. The van der Waals surface area contributed by atoms with Gasteiger partial charge in [-0.15, -0.1) is 0 Å². The Morgan fingerprint density at radius 2 is 2.00 bits per heavy atom. The highest BCUT2D eigenvalue weighted by atomic mass is 79.9. The topological polar surface area (TPSA) is 66.6 Å². The summed E-state index contributed by atoms with van der Waals surface area (Å²) >= 11 is 3.34. The lowest BCUT2D eigenvalue weighted by atomic mass is 9.96. The maximum Gasteiger partial charge on any atom is 0.256 e. The number of benzene rings is 1. The van der Waals surface area contributed by atoms with Crippen LogP contribution in [-0.2, 0) is 4.79 Å². The molecule has 2 N–H and O–H groups in total. The molecule has 1 aliphatic rings. The van der Waals surface area contributed by atoms with Gasteiger partial charge in [-0.25, -0.2) is 0 Å². The van der Waals surface area contributed by atoms with Crippen LogP contribution >= 0.6 is 15.9 Å². The van der Waals surface area contributed by atoms with Crippen LogP contribution in [0.15, 0.2) is 22.7 Å². The average Bonchev–Trinajstić information content (AvgIpc) is 2.38. The smallest absolute Gasteiger partial charge is 0.256 e. The van der Waals surface area contributed by atoms with Crippen molar-refractivity contribution in [2.45, 2.75) is 19.4 Å². The molecule has 2 rings (SSSR count). The van der Waals surface area contributed by atoms with Crippen molar-refractivity contribution in [3.8, 4) is 0 Å². The summed E-state index contributed by atoms with van der Waals surface area (Å²) in [6, 6.07) is 5.16. The lowest BCUT2D eigenvalue weighted by Crippen LogP contribution is -2.63. The first kappa shape index (κ1) is 14.8. The largest absolute Gasteiger partial charge is 0.398 e. The Hall–Kier alpha value is -1.56. The Labute approximate surface area is 126 Å². The lowest BCUT2D eigenvalue weighted by molar-refractivity contribution is -0.144. The third kappa shape index (κ3) is 2.40. The Morgan fingerprint density at radius 1 is 1.35 bits per heavy atom. The van der Waals surface area contributed by atoms with Crippen molar-refractivity contribution in [3.05, 3.63) is 28.2 Å². The van der Waals surface area contributed by atoms with E-state index in [1.807, 2.05) is 0 Å². The minimum atomic E-state index is -0.862. The van der Waals surface area contributed by atoms with Gasteiger partial charge in [0.05, 0.1) is 5.56 Å². The number of anilines is 1. The molecule has 0 saturated carbocycles. The van der Waals surface area contributed by atoms with E-state index in [0.717, 1.165) is 4.47 Å². The van der Waals surface area contributed by atoms with Gasteiger partial charge >= 0.3 is 0 Å². The molecule has 20 heavy (non-hydrogen) atoms. The molecule has 1 aromatic carbocycles. The molecule has 2 amide bonds. The van der Waals surface area contributed by atoms with Crippen molar-refractivity contribution in [2.24, 2.45) is 0 Å². The minimum Gasteiger partial charge on any atom is -0.398 e. The molecule has 0 aromatic heterocycles. The SMILES string of the molecule is CN1CCN(C(=O)c2cc(Br)ccc2N)C(C)(C)C1=O. The zero-order chi connectivity index (χ0) is 15.1. The van der Waals surface area contributed by atoms with Gasteiger partial charge in [0, 0.05) is 30.3 Å². The van der Waals surface area contributed by atoms with E-state index in [2.05, 4.69) is 15.9 Å². The molecular weight excluding hydrogens is 322 g/mol. The Morgan fingerprint density at radius 3 is 2.65 bits per heavy atom. The molecule has 108 valence electrons. The summed E-state index contributed by atoms with van der Waals surface area (Å²) in [5.41, 5.74) is 5.86. The Balaban J connectivity index is 2.38. The van der Waals surface area contributed by atoms with Crippen LogP contribution in [0.4, 0.5) is 5.69 Å². The molecule has 1 fully saturated rings. The fourth-order valence-electron chi connectivity index (χ4n) is 2.43. The predicted molar refractivity (Wildman–Crippen MR) is 81.3 cm³/mol. The molecular formula is C14H18BrN3O2. The van der Waals surface area contributed by atoms with Crippen molar-refractivity contribution in [1.29, 1.82) is 0 Å². The van der Waals surface area contributed by atoms with Gasteiger partial charge in [0.25, 0.3) is 5.91 Å². The van der Waals surface area contributed by atoms with Gasteiger partial charge in [-0.05, 0) is 32.0 Å². The number of rotatable bonds is 1. The normalized spacial score (nSPS) is 18.3. The van der Waals surface area contributed by atoms with Crippen molar-refractivity contribution in [3.63, 3.8) is 0 Å². The monoisotopic (exact) mass is 339 g/mol. The van der Waals surface area contributed by atoms with E-state index in [9.17, 15) is 9.59 Å².